The van der Waals surface area contributed by atoms with Gasteiger partial charge in [-0.1, -0.05) is 0 Å². The number of rotatable bonds is 3. The molecule has 0 bridgehead atoms. The van der Waals surface area contributed by atoms with E-state index >= 15 is 0 Å². The first-order chi connectivity index (χ1) is 9.83. The maximum absolute atomic E-state index is 12.2. The van der Waals surface area contributed by atoms with Crippen LogP contribution < -0.4 is 4.74 Å². The summed E-state index contributed by atoms with van der Waals surface area (Å²) in [5.74, 6) is 0.520. The highest BCUT2D eigenvalue weighted by Gasteiger charge is 2.29. The molecule has 1 aliphatic rings. The van der Waals surface area contributed by atoms with Gasteiger partial charge in [-0.3, -0.25) is 4.79 Å². The minimum atomic E-state index is -0.171. The van der Waals surface area contributed by atoms with Crippen LogP contribution >= 0.6 is 0 Å². The van der Waals surface area contributed by atoms with Crippen molar-refractivity contribution >= 4 is 5.91 Å². The number of carbonyl (C=O) groups excluding carboxylic acids is 1. The Balaban J connectivity index is 1.61. The number of amides is 1. The highest BCUT2D eigenvalue weighted by atomic mass is 16.5. The third kappa shape index (κ3) is 2.71. The number of hydrogen-bond acceptors (Lipinski definition) is 6. The van der Waals surface area contributed by atoms with E-state index in [1.807, 2.05) is 0 Å². The summed E-state index contributed by atoms with van der Waals surface area (Å²) in [6.07, 6.45) is 5.40. The zero-order chi connectivity index (χ0) is 13.8. The van der Waals surface area contributed by atoms with Gasteiger partial charge in [-0.25, -0.2) is 9.97 Å². The summed E-state index contributed by atoms with van der Waals surface area (Å²) in [5.41, 5.74) is 0. The molecule has 1 amide bonds. The Kier molecular flexibility index (Phi) is 3.49. The van der Waals surface area contributed by atoms with Gasteiger partial charge in [-0.15, -0.1) is 5.10 Å². The molecule has 1 fully saturated rings. The van der Waals surface area contributed by atoms with E-state index in [1.165, 1.54) is 0 Å². The molecule has 1 atom stereocenters. The molecule has 0 N–H and O–H groups in total. The lowest BCUT2D eigenvalue weighted by Crippen LogP contribution is -2.32. The fraction of sp³-hybridized carbons (Fsp3) is 0.308. The molecule has 0 aliphatic carbocycles. The van der Waals surface area contributed by atoms with Crippen LogP contribution in [0.4, 0.5) is 0 Å². The van der Waals surface area contributed by atoms with Crippen molar-refractivity contribution < 1.29 is 9.53 Å². The van der Waals surface area contributed by atoms with Crippen molar-refractivity contribution in [2.24, 2.45) is 0 Å². The van der Waals surface area contributed by atoms with Crippen molar-refractivity contribution in [2.75, 3.05) is 13.1 Å². The van der Waals surface area contributed by atoms with E-state index in [2.05, 4.69) is 20.2 Å². The van der Waals surface area contributed by atoms with Gasteiger partial charge in [0.25, 0.3) is 5.91 Å². The zero-order valence-corrected chi connectivity index (χ0v) is 10.7. The Labute approximate surface area is 115 Å². The quantitative estimate of drug-likeness (QED) is 0.811. The van der Waals surface area contributed by atoms with E-state index < -0.39 is 0 Å². The highest BCUT2D eigenvalue weighted by molar-refractivity contribution is 5.90. The van der Waals surface area contributed by atoms with Gasteiger partial charge in [-0.05, 0) is 12.1 Å². The average molecular weight is 271 g/mol. The van der Waals surface area contributed by atoms with Gasteiger partial charge in [-0.2, -0.15) is 5.10 Å². The first kappa shape index (κ1) is 12.5. The first-order valence-corrected chi connectivity index (χ1v) is 6.33. The molecule has 20 heavy (non-hydrogen) atoms. The van der Waals surface area contributed by atoms with Crippen molar-refractivity contribution in [3.8, 4) is 5.88 Å². The number of carbonyl (C=O) groups is 1. The van der Waals surface area contributed by atoms with Gasteiger partial charge >= 0.3 is 0 Å². The maximum Gasteiger partial charge on any atom is 0.291 e. The van der Waals surface area contributed by atoms with Crippen LogP contribution in [-0.2, 0) is 0 Å². The molecule has 0 saturated carbocycles. The highest BCUT2D eigenvalue weighted by Crippen LogP contribution is 2.16. The molecule has 0 aromatic carbocycles. The second-order valence-electron chi connectivity index (χ2n) is 4.41. The SMILES string of the molecule is O=C(c1ncccn1)N1CCC(Oc2cccnn2)C1. The topological polar surface area (TPSA) is 81.1 Å². The molecule has 2 aromatic heterocycles. The first-order valence-electron chi connectivity index (χ1n) is 6.33. The van der Waals surface area contributed by atoms with Crippen LogP contribution in [0.5, 0.6) is 5.88 Å². The van der Waals surface area contributed by atoms with E-state index in [0.29, 0.717) is 19.0 Å². The minimum absolute atomic E-state index is 0.0700. The number of hydrogen-bond donors (Lipinski definition) is 0. The van der Waals surface area contributed by atoms with Gasteiger partial charge in [0.1, 0.15) is 6.10 Å². The zero-order valence-electron chi connectivity index (χ0n) is 10.7. The van der Waals surface area contributed by atoms with Crippen LogP contribution in [0, 0.1) is 0 Å². The summed E-state index contributed by atoms with van der Waals surface area (Å²) < 4.78 is 5.68. The van der Waals surface area contributed by atoms with Gasteiger partial charge in [0.2, 0.25) is 11.7 Å². The number of nitrogens with zero attached hydrogens (tertiary/aromatic N) is 5. The van der Waals surface area contributed by atoms with E-state index in [0.717, 1.165) is 6.42 Å². The van der Waals surface area contributed by atoms with Crippen molar-refractivity contribution in [1.29, 1.82) is 0 Å². The normalized spacial score (nSPS) is 18.0. The summed E-state index contributed by atoms with van der Waals surface area (Å²) in [6.45, 7) is 1.13. The maximum atomic E-state index is 12.2. The molecule has 7 nitrogen and oxygen atoms in total. The lowest BCUT2D eigenvalue weighted by molar-refractivity contribution is 0.0759. The number of likely N-dealkylation sites (tertiary alicyclic amines) is 1. The Morgan fingerprint density at radius 2 is 2.10 bits per heavy atom. The van der Waals surface area contributed by atoms with E-state index in [9.17, 15) is 4.79 Å². The lowest BCUT2D eigenvalue weighted by Gasteiger charge is -2.15. The Morgan fingerprint density at radius 1 is 1.25 bits per heavy atom. The molecule has 102 valence electrons. The Morgan fingerprint density at radius 3 is 2.85 bits per heavy atom. The van der Waals surface area contributed by atoms with E-state index in [4.69, 9.17) is 4.74 Å². The Bertz CT molecular complexity index is 578. The molecule has 1 unspecified atom stereocenters. The van der Waals surface area contributed by atoms with Crippen LogP contribution in [0.25, 0.3) is 0 Å². The van der Waals surface area contributed by atoms with Crippen molar-refractivity contribution in [3.63, 3.8) is 0 Å². The monoisotopic (exact) mass is 271 g/mol. The van der Waals surface area contributed by atoms with Crippen LogP contribution in [0.2, 0.25) is 0 Å². The number of ether oxygens (including phenoxy) is 1. The molecule has 3 rings (SSSR count). The molecule has 0 spiro atoms. The predicted molar refractivity (Wildman–Crippen MR) is 69.0 cm³/mol. The number of aromatic nitrogens is 4. The summed E-state index contributed by atoms with van der Waals surface area (Å²) in [7, 11) is 0. The molecule has 1 aliphatic heterocycles. The van der Waals surface area contributed by atoms with Crippen molar-refractivity contribution in [1.82, 2.24) is 25.1 Å². The average Bonchev–Trinajstić information content (AvgIpc) is 2.97. The van der Waals surface area contributed by atoms with E-state index in [1.54, 1.807) is 41.7 Å². The molecule has 1 saturated heterocycles. The van der Waals surface area contributed by atoms with Gasteiger partial charge < -0.3 is 9.64 Å². The van der Waals surface area contributed by atoms with Crippen LogP contribution in [0.3, 0.4) is 0 Å². The van der Waals surface area contributed by atoms with Gasteiger partial charge in [0, 0.05) is 37.6 Å². The van der Waals surface area contributed by atoms with Crippen molar-refractivity contribution in [2.45, 2.75) is 12.5 Å². The van der Waals surface area contributed by atoms with Crippen molar-refractivity contribution in [3.05, 3.63) is 42.6 Å². The molecular weight excluding hydrogens is 258 g/mol. The van der Waals surface area contributed by atoms with E-state index in [-0.39, 0.29) is 17.8 Å². The third-order valence-electron chi connectivity index (χ3n) is 3.02. The summed E-state index contributed by atoms with van der Waals surface area (Å²) in [6, 6.07) is 5.19. The molecule has 3 heterocycles. The fourth-order valence-corrected chi connectivity index (χ4v) is 2.08. The van der Waals surface area contributed by atoms with Gasteiger partial charge in [0.15, 0.2) is 0 Å². The van der Waals surface area contributed by atoms with Crippen LogP contribution in [-0.4, -0.2) is 50.2 Å². The minimum Gasteiger partial charge on any atom is -0.471 e. The third-order valence-corrected chi connectivity index (χ3v) is 3.02. The molecule has 0 radical (unpaired) electrons. The smallest absolute Gasteiger partial charge is 0.291 e. The summed E-state index contributed by atoms with van der Waals surface area (Å²) >= 11 is 0. The fourth-order valence-electron chi connectivity index (χ4n) is 2.08. The van der Waals surface area contributed by atoms with Crippen LogP contribution in [0.15, 0.2) is 36.8 Å². The van der Waals surface area contributed by atoms with Crippen LogP contribution in [0.1, 0.15) is 17.0 Å². The lowest BCUT2D eigenvalue weighted by atomic mass is 10.3. The summed E-state index contributed by atoms with van der Waals surface area (Å²) in [5, 5.41) is 7.62. The van der Waals surface area contributed by atoms with Gasteiger partial charge in [0.05, 0.1) is 6.54 Å². The second kappa shape index (κ2) is 5.60. The Hall–Kier alpha value is -2.57. The largest absolute Gasteiger partial charge is 0.471 e. The molecular formula is C13H13N5O2. The second-order valence-corrected chi connectivity index (χ2v) is 4.41. The molecule has 2 aromatic rings. The summed E-state index contributed by atoms with van der Waals surface area (Å²) in [4.78, 5) is 21.8. The predicted octanol–water partition coefficient (Wildman–Crippen LogP) is 0.560. The molecule has 7 heteroatoms. The standard InChI is InChI=1S/C13H13N5O2/c19-13(12-14-5-2-6-15-12)18-8-4-10(9-18)20-11-3-1-7-16-17-11/h1-3,5-7,10H,4,8-9H2.